The summed E-state index contributed by atoms with van der Waals surface area (Å²) in [4.78, 5) is 40.2. The highest BCUT2D eigenvalue weighted by molar-refractivity contribution is 5.95. The SMILES string of the molecule is CCOC(=O)C1=C(CN2CCN(c3ccc([N+](=O)[O-])cc3)CC2)NC(=O)N[C@@H]1c1ccccc1. The number of nitro groups is 1. The fourth-order valence-corrected chi connectivity index (χ4v) is 4.26. The number of hydrogen-bond acceptors (Lipinski definition) is 7. The number of amides is 2. The standard InChI is InChI=1S/C24H27N5O5/c1-2-34-23(30)21-20(25-24(31)26-22(21)17-6-4-3-5-7-17)16-27-12-14-28(15-13-27)18-8-10-19(11-9-18)29(32)33/h3-11,22H,2,12-16H2,1H3,(H2,25,26,31)/t22-/m1/s1. The van der Waals surface area contributed by atoms with Crippen molar-refractivity contribution in [1.29, 1.82) is 0 Å². The molecule has 1 atom stereocenters. The molecule has 10 heteroatoms. The molecular formula is C24H27N5O5. The van der Waals surface area contributed by atoms with Crippen LogP contribution in [0, 0.1) is 10.1 Å². The van der Waals surface area contributed by atoms with Crippen molar-refractivity contribution >= 4 is 23.4 Å². The predicted molar refractivity (Wildman–Crippen MR) is 126 cm³/mol. The van der Waals surface area contributed by atoms with E-state index in [-0.39, 0.29) is 18.3 Å². The normalized spacial score (nSPS) is 18.8. The van der Waals surface area contributed by atoms with Crippen LogP contribution in [0.1, 0.15) is 18.5 Å². The first-order valence-corrected chi connectivity index (χ1v) is 11.2. The Kier molecular flexibility index (Phi) is 7.07. The van der Waals surface area contributed by atoms with Gasteiger partial charge in [-0.25, -0.2) is 9.59 Å². The summed E-state index contributed by atoms with van der Waals surface area (Å²) in [6.45, 7) is 5.23. The van der Waals surface area contributed by atoms with Crippen molar-refractivity contribution in [2.45, 2.75) is 13.0 Å². The fraction of sp³-hybridized carbons (Fsp3) is 0.333. The largest absolute Gasteiger partial charge is 0.463 e. The smallest absolute Gasteiger partial charge is 0.338 e. The average molecular weight is 466 g/mol. The van der Waals surface area contributed by atoms with E-state index >= 15 is 0 Å². The predicted octanol–water partition coefficient (Wildman–Crippen LogP) is 2.59. The van der Waals surface area contributed by atoms with Gasteiger partial charge in [-0.2, -0.15) is 0 Å². The van der Waals surface area contributed by atoms with Gasteiger partial charge in [0.2, 0.25) is 0 Å². The van der Waals surface area contributed by atoms with E-state index in [2.05, 4.69) is 20.4 Å². The minimum Gasteiger partial charge on any atom is -0.463 e. The summed E-state index contributed by atoms with van der Waals surface area (Å²) >= 11 is 0. The number of ether oxygens (including phenoxy) is 1. The van der Waals surface area contributed by atoms with Crippen molar-refractivity contribution in [1.82, 2.24) is 15.5 Å². The molecule has 2 aliphatic rings. The molecule has 0 unspecified atom stereocenters. The van der Waals surface area contributed by atoms with Crippen LogP contribution in [-0.2, 0) is 9.53 Å². The first-order chi connectivity index (χ1) is 16.5. The highest BCUT2D eigenvalue weighted by Gasteiger charge is 2.34. The zero-order chi connectivity index (χ0) is 24.1. The Hall–Kier alpha value is -3.92. The number of carbonyl (C=O) groups excluding carboxylic acids is 2. The second kappa shape index (κ2) is 10.3. The summed E-state index contributed by atoms with van der Waals surface area (Å²) in [5.74, 6) is -0.455. The van der Waals surface area contributed by atoms with Crippen molar-refractivity contribution in [3.05, 3.63) is 81.5 Å². The lowest BCUT2D eigenvalue weighted by Gasteiger charge is -2.38. The van der Waals surface area contributed by atoms with E-state index in [1.54, 1.807) is 19.1 Å². The maximum absolute atomic E-state index is 12.9. The summed E-state index contributed by atoms with van der Waals surface area (Å²) < 4.78 is 5.33. The molecule has 2 aromatic rings. The number of esters is 1. The highest BCUT2D eigenvalue weighted by atomic mass is 16.6. The summed E-state index contributed by atoms with van der Waals surface area (Å²) in [5, 5.41) is 16.6. The number of nitrogens with one attached hydrogen (secondary N) is 2. The Balaban J connectivity index is 1.50. The van der Waals surface area contributed by atoms with Crippen LogP contribution in [0.2, 0.25) is 0 Å². The Bertz CT molecular complexity index is 1080. The van der Waals surface area contributed by atoms with Gasteiger partial charge in [0.05, 0.1) is 23.1 Å². The van der Waals surface area contributed by atoms with Crippen LogP contribution in [0.4, 0.5) is 16.2 Å². The first kappa shape index (κ1) is 23.2. The van der Waals surface area contributed by atoms with E-state index < -0.39 is 16.9 Å². The molecule has 0 saturated carbocycles. The molecule has 10 nitrogen and oxygen atoms in total. The lowest BCUT2D eigenvalue weighted by Crippen LogP contribution is -2.51. The number of hydrogen-bond donors (Lipinski definition) is 2. The third-order valence-corrected chi connectivity index (χ3v) is 5.96. The monoisotopic (exact) mass is 465 g/mol. The number of non-ortho nitro benzene ring substituents is 1. The van der Waals surface area contributed by atoms with Crippen LogP contribution >= 0.6 is 0 Å². The van der Waals surface area contributed by atoms with Crippen LogP contribution < -0.4 is 15.5 Å². The minimum absolute atomic E-state index is 0.0652. The first-order valence-electron chi connectivity index (χ1n) is 11.2. The molecule has 2 amide bonds. The van der Waals surface area contributed by atoms with Crippen molar-refractivity contribution in [2.24, 2.45) is 0 Å². The second-order valence-electron chi connectivity index (χ2n) is 8.09. The van der Waals surface area contributed by atoms with Crippen LogP contribution in [0.25, 0.3) is 0 Å². The maximum atomic E-state index is 12.9. The Morgan fingerprint density at radius 2 is 1.76 bits per heavy atom. The number of urea groups is 1. The molecule has 2 N–H and O–H groups in total. The van der Waals surface area contributed by atoms with Gasteiger partial charge in [0, 0.05) is 56.2 Å². The van der Waals surface area contributed by atoms with Gasteiger partial charge in [-0.05, 0) is 24.6 Å². The Morgan fingerprint density at radius 1 is 1.09 bits per heavy atom. The van der Waals surface area contributed by atoms with Crippen LogP contribution in [-0.4, -0.2) is 61.2 Å². The van der Waals surface area contributed by atoms with E-state index in [4.69, 9.17) is 4.74 Å². The molecule has 1 fully saturated rings. The van der Waals surface area contributed by atoms with Crippen molar-refractivity contribution in [3.63, 3.8) is 0 Å². The molecule has 34 heavy (non-hydrogen) atoms. The number of rotatable bonds is 7. The third kappa shape index (κ3) is 5.18. The van der Waals surface area contributed by atoms with Crippen molar-refractivity contribution in [2.75, 3.05) is 44.2 Å². The summed E-state index contributed by atoms with van der Waals surface area (Å²) in [7, 11) is 0. The molecule has 2 aliphatic heterocycles. The molecule has 2 heterocycles. The zero-order valence-electron chi connectivity index (χ0n) is 18.9. The van der Waals surface area contributed by atoms with Gasteiger partial charge in [0.1, 0.15) is 0 Å². The molecule has 0 aromatic heterocycles. The molecule has 0 spiro atoms. The van der Waals surface area contributed by atoms with Gasteiger partial charge in [0.15, 0.2) is 0 Å². The molecule has 4 rings (SSSR count). The molecule has 1 saturated heterocycles. The van der Waals surface area contributed by atoms with Gasteiger partial charge < -0.3 is 20.3 Å². The summed E-state index contributed by atoms with van der Waals surface area (Å²) in [6, 6.07) is 14.9. The molecule has 0 bridgehead atoms. The highest BCUT2D eigenvalue weighted by Crippen LogP contribution is 2.28. The summed E-state index contributed by atoms with van der Waals surface area (Å²) in [5.41, 5.74) is 2.75. The maximum Gasteiger partial charge on any atom is 0.338 e. The van der Waals surface area contributed by atoms with E-state index in [0.29, 0.717) is 44.0 Å². The van der Waals surface area contributed by atoms with Gasteiger partial charge in [0.25, 0.3) is 5.69 Å². The number of carbonyl (C=O) groups is 2. The van der Waals surface area contributed by atoms with Crippen molar-refractivity contribution in [3.8, 4) is 0 Å². The van der Waals surface area contributed by atoms with Crippen LogP contribution in [0.3, 0.4) is 0 Å². The van der Waals surface area contributed by atoms with E-state index in [1.807, 2.05) is 30.3 Å². The topological polar surface area (TPSA) is 117 Å². The molecular weight excluding hydrogens is 438 g/mol. The Morgan fingerprint density at radius 3 is 2.38 bits per heavy atom. The number of nitro benzene ring substituents is 1. The number of piperazine rings is 1. The Labute approximate surface area is 197 Å². The fourth-order valence-electron chi connectivity index (χ4n) is 4.26. The molecule has 0 radical (unpaired) electrons. The zero-order valence-corrected chi connectivity index (χ0v) is 18.9. The summed E-state index contributed by atoms with van der Waals surface area (Å²) in [6.07, 6.45) is 0. The van der Waals surface area contributed by atoms with Crippen LogP contribution in [0.5, 0.6) is 0 Å². The van der Waals surface area contributed by atoms with E-state index in [9.17, 15) is 19.7 Å². The van der Waals surface area contributed by atoms with Gasteiger partial charge in [-0.1, -0.05) is 30.3 Å². The van der Waals surface area contributed by atoms with Gasteiger partial charge >= 0.3 is 12.0 Å². The van der Waals surface area contributed by atoms with Crippen LogP contribution in [0.15, 0.2) is 65.9 Å². The molecule has 178 valence electrons. The lowest BCUT2D eigenvalue weighted by molar-refractivity contribution is -0.384. The lowest BCUT2D eigenvalue weighted by atomic mass is 9.95. The number of anilines is 1. The van der Waals surface area contributed by atoms with Gasteiger partial charge in [-0.3, -0.25) is 15.0 Å². The number of benzene rings is 2. The van der Waals surface area contributed by atoms with E-state index in [1.165, 1.54) is 12.1 Å². The quantitative estimate of drug-likeness (QED) is 0.367. The number of nitrogens with zero attached hydrogens (tertiary/aromatic N) is 3. The van der Waals surface area contributed by atoms with Crippen molar-refractivity contribution < 1.29 is 19.2 Å². The van der Waals surface area contributed by atoms with Gasteiger partial charge in [-0.15, -0.1) is 0 Å². The second-order valence-corrected chi connectivity index (χ2v) is 8.09. The average Bonchev–Trinajstić information content (AvgIpc) is 2.85. The molecule has 2 aromatic carbocycles. The third-order valence-electron chi connectivity index (χ3n) is 5.96. The molecule has 0 aliphatic carbocycles. The minimum atomic E-state index is -0.592. The van der Waals surface area contributed by atoms with E-state index in [0.717, 1.165) is 11.3 Å².